The lowest BCUT2D eigenvalue weighted by atomic mass is 10.2. The van der Waals surface area contributed by atoms with E-state index in [1.165, 1.54) is 25.8 Å². The van der Waals surface area contributed by atoms with Crippen molar-refractivity contribution in [1.82, 2.24) is 0 Å². The highest BCUT2D eigenvalue weighted by Gasteiger charge is 2.15. The van der Waals surface area contributed by atoms with E-state index in [-0.39, 0.29) is 17.1 Å². The van der Waals surface area contributed by atoms with Crippen LogP contribution in [0.5, 0.6) is 5.75 Å². The summed E-state index contributed by atoms with van der Waals surface area (Å²) in [5, 5.41) is 5.30. The number of hydrogen-bond donors (Lipinski definition) is 2. The van der Waals surface area contributed by atoms with Gasteiger partial charge in [-0.1, -0.05) is 18.2 Å². The Morgan fingerprint density at radius 2 is 1.79 bits per heavy atom. The second-order valence-corrected chi connectivity index (χ2v) is 6.57. The zero-order valence-corrected chi connectivity index (χ0v) is 14.6. The molecule has 2 aromatic rings. The van der Waals surface area contributed by atoms with Gasteiger partial charge in [0.2, 0.25) is 11.8 Å². The molecule has 0 spiro atoms. The third-order valence-corrected chi connectivity index (χ3v) is 4.31. The van der Waals surface area contributed by atoms with Crippen molar-refractivity contribution < 1.29 is 14.3 Å². The number of hydrogen-bond acceptors (Lipinski definition) is 4. The van der Waals surface area contributed by atoms with Gasteiger partial charge in [0.1, 0.15) is 5.75 Å². The molecule has 2 amide bonds. The van der Waals surface area contributed by atoms with Crippen molar-refractivity contribution >= 4 is 35.0 Å². The van der Waals surface area contributed by atoms with E-state index >= 15 is 0 Å². The Hall–Kier alpha value is -2.47. The molecular formula is C18H20N2O3S. The molecule has 0 aliphatic rings. The van der Waals surface area contributed by atoms with Gasteiger partial charge in [-0.15, -0.1) is 11.8 Å². The minimum absolute atomic E-state index is 0.109. The van der Waals surface area contributed by atoms with E-state index in [1.807, 2.05) is 37.3 Å². The molecule has 0 saturated heterocycles. The molecule has 0 aliphatic carbocycles. The lowest BCUT2D eigenvalue weighted by molar-refractivity contribution is -0.115. The van der Waals surface area contributed by atoms with Gasteiger partial charge in [-0.25, -0.2) is 0 Å². The van der Waals surface area contributed by atoms with Crippen molar-refractivity contribution in [1.29, 1.82) is 0 Å². The van der Waals surface area contributed by atoms with E-state index in [9.17, 15) is 9.59 Å². The fourth-order valence-electron chi connectivity index (χ4n) is 2.07. The predicted molar refractivity (Wildman–Crippen MR) is 97.7 cm³/mol. The summed E-state index contributed by atoms with van der Waals surface area (Å²) in [5.74, 6) is 0.225. The van der Waals surface area contributed by atoms with Crippen LogP contribution < -0.4 is 15.4 Å². The highest BCUT2D eigenvalue weighted by Crippen LogP contribution is 2.29. The summed E-state index contributed by atoms with van der Waals surface area (Å²) >= 11 is 1.49. The van der Waals surface area contributed by atoms with Crippen molar-refractivity contribution in [2.24, 2.45) is 0 Å². The fraction of sp³-hybridized carbons (Fsp3) is 0.222. The van der Waals surface area contributed by atoms with Crippen LogP contribution in [0, 0.1) is 0 Å². The predicted octanol–water partition coefficient (Wildman–Crippen LogP) is 3.77. The Morgan fingerprint density at radius 1 is 1.08 bits per heavy atom. The third kappa shape index (κ3) is 5.03. The van der Waals surface area contributed by atoms with E-state index in [1.54, 1.807) is 18.2 Å². The summed E-state index contributed by atoms with van der Waals surface area (Å²) in [4.78, 5) is 24.7. The molecule has 0 aromatic heterocycles. The van der Waals surface area contributed by atoms with Crippen LogP contribution in [0.4, 0.5) is 11.4 Å². The Bertz CT molecular complexity index is 719. The van der Waals surface area contributed by atoms with Crippen LogP contribution in [0.3, 0.4) is 0 Å². The zero-order chi connectivity index (χ0) is 17.5. The smallest absolute Gasteiger partial charge is 0.237 e. The van der Waals surface area contributed by atoms with Gasteiger partial charge < -0.3 is 15.4 Å². The number of ether oxygens (including phenoxy) is 1. The van der Waals surface area contributed by atoms with E-state index in [4.69, 9.17) is 4.74 Å². The molecule has 126 valence electrons. The van der Waals surface area contributed by atoms with Crippen LogP contribution in [0.2, 0.25) is 0 Å². The summed E-state index contributed by atoms with van der Waals surface area (Å²) < 4.78 is 5.20. The average Bonchev–Trinajstić information content (AvgIpc) is 2.55. The second kappa shape index (κ2) is 8.40. The van der Waals surface area contributed by atoms with Gasteiger partial charge in [0.15, 0.2) is 0 Å². The van der Waals surface area contributed by atoms with E-state index in [0.29, 0.717) is 17.1 Å². The first-order valence-electron chi connectivity index (χ1n) is 7.48. The van der Waals surface area contributed by atoms with Gasteiger partial charge in [-0.2, -0.15) is 0 Å². The van der Waals surface area contributed by atoms with Crippen molar-refractivity contribution in [2.75, 3.05) is 17.7 Å². The molecule has 2 aromatic carbocycles. The molecule has 0 heterocycles. The molecule has 1 unspecified atom stereocenters. The minimum atomic E-state index is -0.251. The number of methoxy groups -OCH3 is 1. The molecule has 0 fully saturated rings. The third-order valence-electron chi connectivity index (χ3n) is 3.20. The van der Waals surface area contributed by atoms with E-state index < -0.39 is 0 Å². The first-order valence-corrected chi connectivity index (χ1v) is 8.35. The van der Waals surface area contributed by atoms with Gasteiger partial charge in [0, 0.05) is 17.5 Å². The number of carbonyl (C=O) groups excluding carboxylic acids is 2. The quantitative estimate of drug-likeness (QED) is 0.783. The molecule has 2 rings (SSSR count). The Balaban J connectivity index is 2.06. The van der Waals surface area contributed by atoms with E-state index in [2.05, 4.69) is 10.6 Å². The number of rotatable bonds is 6. The van der Waals surface area contributed by atoms with Gasteiger partial charge in [-0.05, 0) is 37.3 Å². The first-order chi connectivity index (χ1) is 11.5. The van der Waals surface area contributed by atoms with Gasteiger partial charge in [-0.3, -0.25) is 9.59 Å². The SMILES string of the molecule is COc1ccc(NC(=O)C(C)Sc2ccccc2)cc1NC(C)=O. The maximum atomic E-state index is 12.4. The van der Waals surface area contributed by atoms with Crippen LogP contribution in [-0.4, -0.2) is 24.2 Å². The molecule has 0 radical (unpaired) electrons. The number of benzene rings is 2. The largest absolute Gasteiger partial charge is 0.495 e. The number of nitrogens with one attached hydrogen (secondary N) is 2. The molecule has 5 nitrogen and oxygen atoms in total. The molecule has 0 saturated carbocycles. The van der Waals surface area contributed by atoms with Crippen LogP contribution in [0.1, 0.15) is 13.8 Å². The lowest BCUT2D eigenvalue weighted by Gasteiger charge is -2.14. The molecule has 6 heteroatoms. The second-order valence-electron chi connectivity index (χ2n) is 5.16. The lowest BCUT2D eigenvalue weighted by Crippen LogP contribution is -2.22. The average molecular weight is 344 g/mol. The number of amides is 2. The fourth-order valence-corrected chi connectivity index (χ4v) is 2.96. The monoisotopic (exact) mass is 344 g/mol. The van der Waals surface area contributed by atoms with Crippen LogP contribution in [0.25, 0.3) is 0 Å². The molecule has 0 aliphatic heterocycles. The summed E-state index contributed by atoms with van der Waals surface area (Å²) in [5.41, 5.74) is 1.12. The van der Waals surface area contributed by atoms with Crippen molar-refractivity contribution in [3.05, 3.63) is 48.5 Å². The minimum Gasteiger partial charge on any atom is -0.495 e. The Labute approximate surface area is 145 Å². The molecule has 2 N–H and O–H groups in total. The molecule has 0 bridgehead atoms. The number of thioether (sulfide) groups is 1. The van der Waals surface area contributed by atoms with Crippen LogP contribution in [0.15, 0.2) is 53.4 Å². The maximum Gasteiger partial charge on any atom is 0.237 e. The number of anilines is 2. The maximum absolute atomic E-state index is 12.4. The summed E-state index contributed by atoms with van der Waals surface area (Å²) in [7, 11) is 1.53. The highest BCUT2D eigenvalue weighted by atomic mass is 32.2. The van der Waals surface area contributed by atoms with Gasteiger partial charge in [0.05, 0.1) is 18.0 Å². The van der Waals surface area contributed by atoms with Crippen LogP contribution in [-0.2, 0) is 9.59 Å². The Kier molecular flexibility index (Phi) is 6.26. The normalized spacial score (nSPS) is 11.5. The summed E-state index contributed by atoms with van der Waals surface area (Å²) in [6.45, 7) is 3.27. The van der Waals surface area contributed by atoms with Crippen molar-refractivity contribution in [3.8, 4) is 5.75 Å². The molecular weight excluding hydrogens is 324 g/mol. The van der Waals surface area contributed by atoms with Crippen LogP contribution >= 0.6 is 11.8 Å². The Morgan fingerprint density at radius 3 is 2.42 bits per heavy atom. The highest BCUT2D eigenvalue weighted by molar-refractivity contribution is 8.00. The number of carbonyl (C=O) groups is 2. The first kappa shape index (κ1) is 17.9. The van der Waals surface area contributed by atoms with Gasteiger partial charge in [0.25, 0.3) is 0 Å². The van der Waals surface area contributed by atoms with Crippen molar-refractivity contribution in [3.63, 3.8) is 0 Å². The van der Waals surface area contributed by atoms with Crippen molar-refractivity contribution in [2.45, 2.75) is 24.0 Å². The van der Waals surface area contributed by atoms with Gasteiger partial charge >= 0.3 is 0 Å². The summed E-state index contributed by atoms with van der Waals surface area (Å²) in [6, 6.07) is 14.9. The van der Waals surface area contributed by atoms with E-state index in [0.717, 1.165) is 4.90 Å². The standard InChI is InChI=1S/C18H20N2O3S/c1-12(24-15-7-5-4-6-8-15)18(22)20-14-9-10-17(23-3)16(11-14)19-13(2)21/h4-12H,1-3H3,(H,19,21)(H,20,22). The zero-order valence-electron chi connectivity index (χ0n) is 13.8. The summed E-state index contributed by atoms with van der Waals surface area (Å²) in [6.07, 6.45) is 0. The topological polar surface area (TPSA) is 67.4 Å². The molecule has 24 heavy (non-hydrogen) atoms. The molecule has 1 atom stereocenters.